The summed E-state index contributed by atoms with van der Waals surface area (Å²) >= 11 is 0. The zero-order valence-corrected chi connectivity index (χ0v) is 10.9. The summed E-state index contributed by atoms with van der Waals surface area (Å²) in [5.74, 6) is 0.0835. The predicted octanol–water partition coefficient (Wildman–Crippen LogP) is 2.33. The molecule has 6 nitrogen and oxygen atoms in total. The molecule has 2 atom stereocenters. The third kappa shape index (κ3) is 2.30. The SMILES string of the molecule is CC1OCCC1c1nc(-c2cccc(C(=O)O)c2)no1. The van der Waals surface area contributed by atoms with Gasteiger partial charge in [-0.05, 0) is 25.5 Å². The average molecular weight is 274 g/mol. The normalized spacial score (nSPS) is 22.1. The molecule has 104 valence electrons. The fraction of sp³-hybridized carbons (Fsp3) is 0.357. The summed E-state index contributed by atoms with van der Waals surface area (Å²) in [6, 6.07) is 6.48. The Hall–Kier alpha value is -2.21. The van der Waals surface area contributed by atoms with E-state index in [1.807, 2.05) is 6.92 Å². The van der Waals surface area contributed by atoms with Gasteiger partial charge in [0.05, 0.1) is 17.6 Å². The Morgan fingerprint density at radius 3 is 3.00 bits per heavy atom. The maximum absolute atomic E-state index is 11.0. The first kappa shape index (κ1) is 12.8. The molecule has 3 rings (SSSR count). The second-order valence-electron chi connectivity index (χ2n) is 4.81. The first-order valence-electron chi connectivity index (χ1n) is 6.44. The number of ether oxygens (including phenoxy) is 1. The van der Waals surface area contributed by atoms with Crippen LogP contribution in [0.5, 0.6) is 0 Å². The third-order valence-electron chi connectivity index (χ3n) is 3.50. The minimum atomic E-state index is -0.978. The number of nitrogens with zero attached hydrogens (tertiary/aromatic N) is 2. The zero-order valence-electron chi connectivity index (χ0n) is 10.9. The largest absolute Gasteiger partial charge is 0.478 e. The van der Waals surface area contributed by atoms with E-state index < -0.39 is 5.97 Å². The molecule has 0 spiro atoms. The van der Waals surface area contributed by atoms with Crippen LogP contribution < -0.4 is 0 Å². The maximum atomic E-state index is 11.0. The molecule has 6 heteroatoms. The molecule has 1 saturated heterocycles. The zero-order chi connectivity index (χ0) is 14.1. The van der Waals surface area contributed by atoms with Crippen LogP contribution in [-0.2, 0) is 4.74 Å². The molecule has 1 N–H and O–H groups in total. The van der Waals surface area contributed by atoms with Crippen LogP contribution in [0.1, 0.15) is 35.5 Å². The molecule has 1 aliphatic heterocycles. The summed E-state index contributed by atoms with van der Waals surface area (Å²) < 4.78 is 10.8. The Morgan fingerprint density at radius 2 is 2.30 bits per heavy atom. The summed E-state index contributed by atoms with van der Waals surface area (Å²) in [4.78, 5) is 15.3. The van der Waals surface area contributed by atoms with Crippen LogP contribution >= 0.6 is 0 Å². The van der Waals surface area contributed by atoms with Gasteiger partial charge in [-0.15, -0.1) is 0 Å². The molecule has 1 aromatic heterocycles. The predicted molar refractivity (Wildman–Crippen MR) is 69.5 cm³/mol. The van der Waals surface area contributed by atoms with Crippen molar-refractivity contribution in [2.75, 3.05) is 6.61 Å². The van der Waals surface area contributed by atoms with Crippen molar-refractivity contribution in [3.8, 4) is 11.4 Å². The highest BCUT2D eigenvalue weighted by molar-refractivity contribution is 5.89. The van der Waals surface area contributed by atoms with Crippen LogP contribution in [-0.4, -0.2) is 33.9 Å². The van der Waals surface area contributed by atoms with E-state index in [2.05, 4.69) is 10.1 Å². The van der Waals surface area contributed by atoms with Gasteiger partial charge in [0.2, 0.25) is 11.7 Å². The molecular formula is C14H14N2O4. The van der Waals surface area contributed by atoms with E-state index in [1.54, 1.807) is 12.1 Å². The number of rotatable bonds is 3. The van der Waals surface area contributed by atoms with Crippen molar-refractivity contribution in [1.82, 2.24) is 10.1 Å². The number of hydrogen-bond acceptors (Lipinski definition) is 5. The standard InChI is InChI=1S/C14H14N2O4/c1-8-11(5-6-19-8)13-15-12(16-20-13)9-3-2-4-10(7-9)14(17)18/h2-4,7-8,11H,5-6H2,1H3,(H,17,18). The Balaban J connectivity index is 1.90. The van der Waals surface area contributed by atoms with Crippen molar-refractivity contribution in [2.24, 2.45) is 0 Å². The number of carbonyl (C=O) groups is 1. The summed E-state index contributed by atoms with van der Waals surface area (Å²) in [6.07, 6.45) is 0.923. The fourth-order valence-corrected chi connectivity index (χ4v) is 2.35. The lowest BCUT2D eigenvalue weighted by Gasteiger charge is -2.07. The van der Waals surface area contributed by atoms with Crippen molar-refractivity contribution < 1.29 is 19.2 Å². The monoisotopic (exact) mass is 274 g/mol. The van der Waals surface area contributed by atoms with Crippen LogP contribution in [0.2, 0.25) is 0 Å². The maximum Gasteiger partial charge on any atom is 0.335 e. The van der Waals surface area contributed by atoms with Crippen LogP contribution in [0.25, 0.3) is 11.4 Å². The van der Waals surface area contributed by atoms with Gasteiger partial charge in [-0.2, -0.15) is 4.98 Å². The fourth-order valence-electron chi connectivity index (χ4n) is 2.35. The molecule has 0 aliphatic carbocycles. The summed E-state index contributed by atoms with van der Waals surface area (Å²) in [5.41, 5.74) is 0.831. The first-order chi connectivity index (χ1) is 9.65. The lowest BCUT2D eigenvalue weighted by atomic mass is 10.0. The first-order valence-corrected chi connectivity index (χ1v) is 6.44. The van der Waals surface area contributed by atoms with Gasteiger partial charge in [0.15, 0.2) is 0 Å². The van der Waals surface area contributed by atoms with Gasteiger partial charge in [-0.3, -0.25) is 0 Å². The highest BCUT2D eigenvalue weighted by Crippen LogP contribution is 2.31. The van der Waals surface area contributed by atoms with Gasteiger partial charge in [0.1, 0.15) is 0 Å². The van der Waals surface area contributed by atoms with Crippen molar-refractivity contribution >= 4 is 5.97 Å². The van der Waals surface area contributed by atoms with Crippen LogP contribution in [0.15, 0.2) is 28.8 Å². The second kappa shape index (κ2) is 5.05. The molecule has 1 aliphatic rings. The lowest BCUT2D eigenvalue weighted by Crippen LogP contribution is -2.09. The molecule has 20 heavy (non-hydrogen) atoms. The number of aromatic nitrogens is 2. The van der Waals surface area contributed by atoms with Gasteiger partial charge in [0.25, 0.3) is 0 Å². The molecule has 1 aromatic carbocycles. The van der Waals surface area contributed by atoms with Crippen LogP contribution in [0, 0.1) is 0 Å². The topological polar surface area (TPSA) is 85.5 Å². The van der Waals surface area contributed by atoms with E-state index in [9.17, 15) is 4.79 Å². The van der Waals surface area contributed by atoms with Gasteiger partial charge >= 0.3 is 5.97 Å². The molecule has 0 bridgehead atoms. The quantitative estimate of drug-likeness (QED) is 0.924. The van der Waals surface area contributed by atoms with Gasteiger partial charge in [0, 0.05) is 12.2 Å². The molecule has 2 unspecified atom stereocenters. The summed E-state index contributed by atoms with van der Waals surface area (Å²) in [6.45, 7) is 2.67. The summed E-state index contributed by atoms with van der Waals surface area (Å²) in [5, 5.41) is 12.9. The Kier molecular flexibility index (Phi) is 3.23. The molecule has 2 aromatic rings. The van der Waals surface area contributed by atoms with E-state index >= 15 is 0 Å². The minimum absolute atomic E-state index is 0.0636. The summed E-state index contributed by atoms with van der Waals surface area (Å²) in [7, 11) is 0. The number of hydrogen-bond donors (Lipinski definition) is 1. The van der Waals surface area contributed by atoms with Crippen molar-refractivity contribution in [3.05, 3.63) is 35.7 Å². The van der Waals surface area contributed by atoms with E-state index in [0.29, 0.717) is 23.9 Å². The van der Waals surface area contributed by atoms with Gasteiger partial charge < -0.3 is 14.4 Å². The number of benzene rings is 1. The number of carboxylic acid groups (broad SMARTS) is 1. The molecular weight excluding hydrogens is 260 g/mol. The van der Waals surface area contributed by atoms with Crippen molar-refractivity contribution in [3.63, 3.8) is 0 Å². The number of carboxylic acids is 1. The molecule has 0 radical (unpaired) electrons. The Labute approximate surface area is 115 Å². The van der Waals surface area contributed by atoms with E-state index in [4.69, 9.17) is 14.4 Å². The lowest BCUT2D eigenvalue weighted by molar-refractivity contribution is 0.0697. The van der Waals surface area contributed by atoms with Gasteiger partial charge in [-0.25, -0.2) is 4.79 Å². The van der Waals surface area contributed by atoms with Crippen LogP contribution in [0.4, 0.5) is 0 Å². The Morgan fingerprint density at radius 1 is 1.45 bits per heavy atom. The van der Waals surface area contributed by atoms with Gasteiger partial charge in [-0.1, -0.05) is 17.3 Å². The van der Waals surface area contributed by atoms with E-state index in [1.165, 1.54) is 12.1 Å². The van der Waals surface area contributed by atoms with Crippen molar-refractivity contribution in [1.29, 1.82) is 0 Å². The molecule has 0 saturated carbocycles. The Bertz CT molecular complexity index is 638. The second-order valence-corrected chi connectivity index (χ2v) is 4.81. The molecule has 0 amide bonds. The molecule has 1 fully saturated rings. The minimum Gasteiger partial charge on any atom is -0.478 e. The highest BCUT2D eigenvalue weighted by atomic mass is 16.5. The highest BCUT2D eigenvalue weighted by Gasteiger charge is 2.30. The van der Waals surface area contributed by atoms with E-state index in [-0.39, 0.29) is 17.6 Å². The molecule has 2 heterocycles. The smallest absolute Gasteiger partial charge is 0.335 e. The average Bonchev–Trinajstić information content (AvgIpc) is 3.07. The van der Waals surface area contributed by atoms with Crippen LogP contribution in [0.3, 0.4) is 0 Å². The number of aromatic carboxylic acids is 1. The van der Waals surface area contributed by atoms with Crippen molar-refractivity contribution in [2.45, 2.75) is 25.4 Å². The van der Waals surface area contributed by atoms with E-state index in [0.717, 1.165) is 6.42 Å². The third-order valence-corrected chi connectivity index (χ3v) is 3.50.